The van der Waals surface area contributed by atoms with E-state index in [1.165, 1.54) is 32.8 Å². The fourth-order valence-electron chi connectivity index (χ4n) is 5.26. The van der Waals surface area contributed by atoms with Crippen molar-refractivity contribution >= 4 is 30.6 Å². The van der Waals surface area contributed by atoms with Crippen LogP contribution in [0.2, 0.25) is 0 Å². The van der Waals surface area contributed by atoms with Gasteiger partial charge in [0, 0.05) is 0 Å². The van der Waals surface area contributed by atoms with E-state index in [4.69, 9.17) is 10.1 Å². The van der Waals surface area contributed by atoms with E-state index in [0.29, 0.717) is 12.6 Å². The molecule has 0 aromatic carbocycles. The first-order valence-electron chi connectivity index (χ1n) is 15.8. The molecular formula is C36H67BN5O4+3. The third-order valence-corrected chi connectivity index (χ3v) is 7.94. The van der Waals surface area contributed by atoms with Crippen molar-refractivity contribution in [3.05, 3.63) is 49.7 Å². The molecule has 2 aromatic rings. The minimum atomic E-state index is -0.793. The molecule has 2 N–H and O–H groups in total. The number of ketones is 1. The monoisotopic (exact) mass is 645 g/mol. The van der Waals surface area contributed by atoms with E-state index in [9.17, 15) is 9.59 Å². The summed E-state index contributed by atoms with van der Waals surface area (Å²) >= 11 is 0. The Hall–Kier alpha value is -3.30. The van der Waals surface area contributed by atoms with Gasteiger partial charge in [0.1, 0.15) is 31.3 Å². The van der Waals surface area contributed by atoms with Crippen LogP contribution >= 0.6 is 0 Å². The maximum absolute atomic E-state index is 10.8. The van der Waals surface area contributed by atoms with Gasteiger partial charge in [0.2, 0.25) is 12.7 Å². The molecular weight excluding hydrogens is 577 g/mol. The normalized spacial score (nSPS) is 17.4. The number of nitrogens with zero attached hydrogens (tertiary/aromatic N) is 5. The second kappa shape index (κ2) is 23.1. The first-order chi connectivity index (χ1) is 20.4. The van der Waals surface area contributed by atoms with E-state index in [2.05, 4.69) is 61.5 Å². The number of carboxylic acids is 1. The molecule has 0 bridgehead atoms. The van der Waals surface area contributed by atoms with Gasteiger partial charge in [-0.1, -0.05) is 36.1 Å². The SMILES string of the molecule is C.C.C.CC(=O)C[n+]1ccn(C(C)C)c1.CC(C)C1CCC(Cn2cc[n+](CC(=O)O)c2)C1.CC(C)CC[N+]1=CCC(=BO)C=C1. The van der Waals surface area contributed by atoms with E-state index in [1.807, 2.05) is 54.3 Å². The van der Waals surface area contributed by atoms with E-state index in [0.717, 1.165) is 48.6 Å². The van der Waals surface area contributed by atoms with Crippen molar-refractivity contribution < 1.29 is 33.4 Å². The number of hydrogen-bond acceptors (Lipinski definition) is 3. The molecule has 2 unspecified atom stereocenters. The molecule has 0 spiro atoms. The van der Waals surface area contributed by atoms with Gasteiger partial charge in [0.05, 0.1) is 12.6 Å². The molecule has 2 aliphatic rings. The molecule has 1 aliphatic heterocycles. The van der Waals surface area contributed by atoms with E-state index in [1.54, 1.807) is 11.5 Å². The molecule has 0 saturated heterocycles. The van der Waals surface area contributed by atoms with Gasteiger partial charge in [0.15, 0.2) is 12.3 Å². The quantitative estimate of drug-likeness (QED) is 0.246. The summed E-state index contributed by atoms with van der Waals surface area (Å²) in [6, 6.07) is 0.457. The Labute approximate surface area is 281 Å². The van der Waals surface area contributed by atoms with E-state index >= 15 is 0 Å². The Morgan fingerprint density at radius 1 is 0.978 bits per heavy atom. The summed E-state index contributed by atoms with van der Waals surface area (Å²) in [5.74, 6) is 2.55. The van der Waals surface area contributed by atoms with Crippen LogP contribution in [0.5, 0.6) is 0 Å². The molecule has 1 aliphatic carbocycles. The van der Waals surface area contributed by atoms with Crippen LogP contribution in [-0.2, 0) is 29.2 Å². The van der Waals surface area contributed by atoms with Crippen LogP contribution in [0.15, 0.2) is 49.7 Å². The summed E-state index contributed by atoms with van der Waals surface area (Å²) in [6.07, 6.45) is 23.7. The fraction of sp³-hybridized carbons (Fsp3) is 0.667. The van der Waals surface area contributed by atoms with Crippen LogP contribution in [0.25, 0.3) is 0 Å². The molecule has 4 rings (SSSR count). The number of carbonyl (C=O) groups is 2. The van der Waals surface area contributed by atoms with Crippen LogP contribution in [0.1, 0.15) is 109 Å². The number of aliphatic carboxylic acids is 1. The number of hydrogen-bond donors (Lipinski definition) is 2. The van der Waals surface area contributed by atoms with Gasteiger partial charge in [-0.25, -0.2) is 23.1 Å². The van der Waals surface area contributed by atoms with Gasteiger partial charge in [-0.15, -0.1) is 0 Å². The maximum atomic E-state index is 10.8. The predicted octanol–water partition coefficient (Wildman–Crippen LogP) is 5.60. The number of carbonyl (C=O) groups excluding carboxylic acids is 1. The van der Waals surface area contributed by atoms with Crippen LogP contribution in [0.4, 0.5) is 0 Å². The van der Waals surface area contributed by atoms with E-state index in [-0.39, 0.29) is 34.6 Å². The van der Waals surface area contributed by atoms with Crippen molar-refractivity contribution in [1.82, 2.24) is 9.13 Å². The van der Waals surface area contributed by atoms with Crippen molar-refractivity contribution in [2.24, 2.45) is 23.7 Å². The standard InChI is InChI=1S/C14H22N2O2.C10H17BNO.C9H15N2O.3CH4/c1-11(2)13-4-3-12(7-13)8-15-5-6-16(10-15)9-14(17)18;1-9(2)3-6-12-7-4-10(11-13)5-8-12;1-8(2)11-5-4-10(7-11)6-9(3)12;;;/h5-6,10-13H,3-4,7-9H2,1-2H3;4,7-9,13H,3,5-6H2,1-2H3;4-5,7-8H,6H2,1-3H3;3*1H4/q;2*+1;;;/p+1. The molecule has 0 amide bonds. The zero-order chi connectivity index (χ0) is 31.9. The summed E-state index contributed by atoms with van der Waals surface area (Å²) in [4.78, 5) is 21.4. The molecule has 2 atom stereocenters. The van der Waals surface area contributed by atoms with Crippen LogP contribution in [0.3, 0.4) is 0 Å². The molecule has 260 valence electrons. The van der Waals surface area contributed by atoms with E-state index < -0.39 is 5.97 Å². The Morgan fingerprint density at radius 2 is 1.63 bits per heavy atom. The first kappa shape index (κ1) is 44.8. The third-order valence-electron chi connectivity index (χ3n) is 7.94. The van der Waals surface area contributed by atoms with Crippen molar-refractivity contribution in [3.63, 3.8) is 0 Å². The molecule has 46 heavy (non-hydrogen) atoms. The molecule has 1 saturated carbocycles. The van der Waals surface area contributed by atoms with Gasteiger partial charge >= 0.3 is 85.8 Å². The first-order valence-corrected chi connectivity index (χ1v) is 15.8. The fourth-order valence-corrected chi connectivity index (χ4v) is 5.26. The number of aromatic nitrogens is 4. The zero-order valence-corrected chi connectivity index (χ0v) is 27.5. The Morgan fingerprint density at radius 3 is 2.11 bits per heavy atom. The number of Topliss-reactive ketones (excluding diaryl/α,β-unsaturated/α-hetero) is 1. The second-order valence-corrected chi connectivity index (χ2v) is 13.0. The Kier molecular flexibility index (Phi) is 22.5. The number of carboxylic acid groups (broad SMARTS) is 1. The molecule has 3 heterocycles. The number of imidazole rings is 2. The van der Waals surface area contributed by atoms with Crippen LogP contribution in [-0.4, -0.2) is 60.9 Å². The zero-order valence-electron chi connectivity index (χ0n) is 27.5. The third kappa shape index (κ3) is 17.4. The predicted molar refractivity (Wildman–Crippen MR) is 191 cm³/mol. The molecule has 9 nitrogen and oxygen atoms in total. The summed E-state index contributed by atoms with van der Waals surface area (Å²) < 4.78 is 9.99. The summed E-state index contributed by atoms with van der Waals surface area (Å²) in [7, 11) is 1.17. The van der Waals surface area contributed by atoms with Crippen molar-refractivity contribution in [2.45, 2.75) is 129 Å². The molecule has 1 fully saturated rings. The van der Waals surface area contributed by atoms with Gasteiger partial charge in [0.25, 0.3) is 0 Å². The van der Waals surface area contributed by atoms with Gasteiger partial charge in [-0.2, -0.15) is 0 Å². The van der Waals surface area contributed by atoms with Crippen molar-refractivity contribution in [1.29, 1.82) is 0 Å². The van der Waals surface area contributed by atoms with Crippen LogP contribution < -0.4 is 9.13 Å². The average molecular weight is 645 g/mol. The second-order valence-electron chi connectivity index (χ2n) is 13.0. The average Bonchev–Trinajstić information content (AvgIpc) is 3.70. The topological polar surface area (TPSA) is 95.2 Å². The molecule has 0 radical (unpaired) electrons. The number of allylic oxidation sites excluding steroid dienone is 1. The summed E-state index contributed by atoms with van der Waals surface area (Å²) in [5.41, 5.74) is 0.973. The summed E-state index contributed by atoms with van der Waals surface area (Å²) in [6.45, 7) is 17.5. The Balaban J connectivity index is 0. The van der Waals surface area contributed by atoms with Gasteiger partial charge < -0.3 is 5.11 Å². The number of rotatable bonds is 11. The minimum absolute atomic E-state index is 0. The summed E-state index contributed by atoms with van der Waals surface area (Å²) in [5, 5.41) is 17.5. The molecule has 2 aromatic heterocycles. The van der Waals surface area contributed by atoms with Gasteiger partial charge in [-0.05, 0) is 57.8 Å². The van der Waals surface area contributed by atoms with Gasteiger partial charge in [-0.3, -0.25) is 4.79 Å². The van der Waals surface area contributed by atoms with Crippen molar-refractivity contribution in [3.8, 4) is 0 Å². The van der Waals surface area contributed by atoms with Crippen molar-refractivity contribution in [2.75, 3.05) is 6.54 Å². The molecule has 10 heteroatoms. The van der Waals surface area contributed by atoms with Crippen LogP contribution in [0, 0.1) is 23.7 Å². The Bertz CT molecular complexity index is 1240.